The van der Waals surface area contributed by atoms with Crippen LogP contribution in [0.4, 0.5) is 0 Å². The number of carbonyl (C=O) groups is 1. The van der Waals surface area contributed by atoms with Gasteiger partial charge in [-0.2, -0.15) is 5.10 Å². The topological polar surface area (TPSA) is 41.5 Å². The van der Waals surface area contributed by atoms with E-state index in [0.29, 0.717) is 0 Å². The fourth-order valence-electron chi connectivity index (χ4n) is 5.06. The van der Waals surface area contributed by atoms with E-state index in [1.165, 1.54) is 19.3 Å². The number of hydrogen-bond donors (Lipinski definition) is 1. The molecule has 1 amide bonds. The van der Waals surface area contributed by atoms with Crippen LogP contribution in [0.25, 0.3) is 0 Å². The molecular weight excluding hydrogens is 348 g/mol. The van der Waals surface area contributed by atoms with Gasteiger partial charge in [-0.25, -0.2) is 5.43 Å². The highest BCUT2D eigenvalue weighted by molar-refractivity contribution is 9.11. The maximum absolute atomic E-state index is 12.7. The Morgan fingerprint density at radius 1 is 1.24 bits per heavy atom. The fraction of sp³-hybridized carbons (Fsp3) is 0.625. The van der Waals surface area contributed by atoms with Crippen molar-refractivity contribution in [1.29, 1.82) is 0 Å². The van der Waals surface area contributed by atoms with Crippen molar-refractivity contribution in [2.24, 2.45) is 28.3 Å². The van der Waals surface area contributed by atoms with Crippen LogP contribution in [0.15, 0.2) is 21.0 Å². The quantitative estimate of drug-likeness (QED) is 0.632. The summed E-state index contributed by atoms with van der Waals surface area (Å²) in [6.07, 6.45) is 9.09. The monoisotopic (exact) mass is 366 g/mol. The largest absolute Gasteiger partial charge is 0.273 e. The second kappa shape index (κ2) is 5.20. The summed E-state index contributed by atoms with van der Waals surface area (Å²) in [6.45, 7) is 0. The summed E-state index contributed by atoms with van der Waals surface area (Å²) in [7, 11) is 0. The van der Waals surface area contributed by atoms with Gasteiger partial charge in [0.1, 0.15) is 0 Å². The Kier molecular flexibility index (Phi) is 3.45. The highest BCUT2D eigenvalue weighted by Gasteiger charge is 2.54. The lowest BCUT2D eigenvalue weighted by Gasteiger charge is -2.55. The molecule has 0 spiro atoms. The Morgan fingerprint density at radius 2 is 1.86 bits per heavy atom. The molecular formula is C16H19BrN2OS. The molecule has 0 unspecified atom stereocenters. The van der Waals surface area contributed by atoms with E-state index >= 15 is 0 Å². The minimum absolute atomic E-state index is 0.109. The first-order valence-corrected chi connectivity index (χ1v) is 9.33. The normalized spacial score (nSPS) is 37.3. The van der Waals surface area contributed by atoms with Crippen LogP contribution in [0.1, 0.15) is 43.4 Å². The van der Waals surface area contributed by atoms with Gasteiger partial charge in [-0.05, 0) is 84.3 Å². The van der Waals surface area contributed by atoms with Crippen molar-refractivity contribution >= 4 is 39.4 Å². The second-order valence-electron chi connectivity index (χ2n) is 7.04. The molecule has 5 heteroatoms. The lowest BCUT2D eigenvalue weighted by molar-refractivity contribution is -0.146. The standard InChI is InChI=1S/C16H19BrN2OS/c17-14-2-1-13(21-14)9-18-19-15(20)16-6-10-3-11(7-16)5-12(4-10)8-16/h1-2,9-12H,3-8H2,(H,19,20)/b18-9-. The van der Waals surface area contributed by atoms with Crippen LogP contribution >= 0.6 is 27.3 Å². The summed E-state index contributed by atoms with van der Waals surface area (Å²) in [5, 5.41) is 4.18. The van der Waals surface area contributed by atoms with E-state index in [0.717, 1.165) is 45.7 Å². The molecule has 3 nitrogen and oxygen atoms in total. The Hall–Kier alpha value is -0.680. The van der Waals surface area contributed by atoms with Crippen molar-refractivity contribution in [3.63, 3.8) is 0 Å². The number of nitrogens with one attached hydrogen (secondary N) is 1. The zero-order valence-electron chi connectivity index (χ0n) is 11.8. The third kappa shape index (κ3) is 2.59. The Balaban J connectivity index is 1.44. The molecule has 0 atom stereocenters. The van der Waals surface area contributed by atoms with Crippen molar-refractivity contribution in [2.75, 3.05) is 0 Å². The van der Waals surface area contributed by atoms with Crippen LogP contribution in [-0.2, 0) is 4.79 Å². The molecule has 112 valence electrons. The Bertz CT molecular complexity index is 560. The van der Waals surface area contributed by atoms with Crippen LogP contribution in [0.5, 0.6) is 0 Å². The first-order valence-electron chi connectivity index (χ1n) is 7.72. The smallest absolute Gasteiger partial charge is 0.246 e. The summed E-state index contributed by atoms with van der Waals surface area (Å²) in [4.78, 5) is 13.7. The summed E-state index contributed by atoms with van der Waals surface area (Å²) in [5.41, 5.74) is 2.71. The predicted octanol–water partition coefficient (Wildman–Crippen LogP) is 4.18. The molecule has 21 heavy (non-hydrogen) atoms. The van der Waals surface area contributed by atoms with Gasteiger partial charge in [0.15, 0.2) is 0 Å². The lowest BCUT2D eigenvalue weighted by atomic mass is 9.49. The van der Waals surface area contributed by atoms with Crippen LogP contribution in [0.3, 0.4) is 0 Å². The van der Waals surface area contributed by atoms with Gasteiger partial charge in [-0.1, -0.05) is 0 Å². The summed E-state index contributed by atoms with van der Waals surface area (Å²) in [6, 6.07) is 3.99. The van der Waals surface area contributed by atoms with E-state index < -0.39 is 0 Å². The molecule has 0 aromatic carbocycles. The molecule has 4 saturated carbocycles. The lowest BCUT2D eigenvalue weighted by Crippen LogP contribution is -2.52. The number of hydrazone groups is 1. The highest BCUT2D eigenvalue weighted by Crippen LogP contribution is 2.60. The molecule has 0 saturated heterocycles. The molecule has 1 aromatic rings. The minimum Gasteiger partial charge on any atom is -0.273 e. The molecule has 0 radical (unpaired) electrons. The minimum atomic E-state index is -0.109. The maximum atomic E-state index is 12.7. The first-order chi connectivity index (χ1) is 10.1. The van der Waals surface area contributed by atoms with Gasteiger partial charge in [0, 0.05) is 4.88 Å². The van der Waals surface area contributed by atoms with Crippen LogP contribution in [-0.4, -0.2) is 12.1 Å². The van der Waals surface area contributed by atoms with Gasteiger partial charge in [0.05, 0.1) is 15.4 Å². The van der Waals surface area contributed by atoms with E-state index in [1.54, 1.807) is 17.6 Å². The number of carbonyl (C=O) groups excluding carboxylic acids is 1. The average molecular weight is 367 g/mol. The average Bonchev–Trinajstić information content (AvgIpc) is 2.83. The maximum Gasteiger partial charge on any atom is 0.246 e. The van der Waals surface area contributed by atoms with E-state index in [4.69, 9.17) is 0 Å². The number of halogens is 1. The molecule has 1 N–H and O–H groups in total. The molecule has 1 heterocycles. The van der Waals surface area contributed by atoms with Gasteiger partial charge in [0.25, 0.3) is 0 Å². The van der Waals surface area contributed by atoms with Crippen LogP contribution in [0.2, 0.25) is 0 Å². The molecule has 1 aromatic heterocycles. The van der Waals surface area contributed by atoms with Gasteiger partial charge < -0.3 is 0 Å². The molecule has 4 fully saturated rings. The number of nitrogens with zero attached hydrogens (tertiary/aromatic N) is 1. The Labute approximate surface area is 137 Å². The van der Waals surface area contributed by atoms with Gasteiger partial charge >= 0.3 is 0 Å². The predicted molar refractivity (Wildman–Crippen MR) is 88.4 cm³/mol. The van der Waals surface area contributed by atoms with Gasteiger partial charge in [0.2, 0.25) is 5.91 Å². The molecule has 4 aliphatic carbocycles. The van der Waals surface area contributed by atoms with E-state index in [2.05, 4.69) is 26.5 Å². The summed E-state index contributed by atoms with van der Waals surface area (Å²) < 4.78 is 1.08. The van der Waals surface area contributed by atoms with Crippen molar-refractivity contribution in [3.05, 3.63) is 20.8 Å². The van der Waals surface area contributed by atoms with Gasteiger partial charge in [-0.15, -0.1) is 11.3 Å². The number of rotatable bonds is 3. The van der Waals surface area contributed by atoms with Crippen LogP contribution in [0, 0.1) is 23.2 Å². The number of amides is 1. The fourth-order valence-corrected chi connectivity index (χ4v) is 6.36. The van der Waals surface area contributed by atoms with E-state index in [1.807, 2.05) is 12.1 Å². The molecule has 4 bridgehead atoms. The third-order valence-electron chi connectivity index (χ3n) is 5.47. The molecule has 0 aliphatic heterocycles. The van der Waals surface area contributed by atoms with E-state index in [-0.39, 0.29) is 11.3 Å². The van der Waals surface area contributed by atoms with Crippen molar-refractivity contribution in [2.45, 2.75) is 38.5 Å². The number of thiophene rings is 1. The zero-order valence-corrected chi connectivity index (χ0v) is 14.3. The highest BCUT2D eigenvalue weighted by atomic mass is 79.9. The number of hydrogen-bond acceptors (Lipinski definition) is 3. The molecule has 4 aliphatic rings. The molecule has 5 rings (SSSR count). The Morgan fingerprint density at radius 3 is 2.38 bits per heavy atom. The second-order valence-corrected chi connectivity index (χ2v) is 9.53. The summed E-state index contributed by atoms with van der Waals surface area (Å²) in [5.74, 6) is 2.53. The third-order valence-corrected chi connectivity index (χ3v) is 7.03. The SMILES string of the molecule is O=C(N/N=C\c1ccc(Br)s1)C12CC3CC(CC(C3)C1)C2. The van der Waals surface area contributed by atoms with Gasteiger partial charge in [-0.3, -0.25) is 4.79 Å². The van der Waals surface area contributed by atoms with Crippen molar-refractivity contribution in [3.8, 4) is 0 Å². The van der Waals surface area contributed by atoms with Crippen LogP contribution < -0.4 is 5.43 Å². The first kappa shape index (κ1) is 13.9. The zero-order chi connectivity index (χ0) is 14.4. The van der Waals surface area contributed by atoms with E-state index in [9.17, 15) is 4.79 Å². The van der Waals surface area contributed by atoms with Crippen molar-refractivity contribution in [1.82, 2.24) is 5.43 Å². The summed E-state index contributed by atoms with van der Waals surface area (Å²) >= 11 is 5.05. The van der Waals surface area contributed by atoms with Crippen molar-refractivity contribution < 1.29 is 4.79 Å².